The Labute approximate surface area is 484 Å². The number of ether oxygens (including phenoxy) is 5. The van der Waals surface area contributed by atoms with E-state index in [9.17, 15) is 9.90 Å². The number of nitrogens with zero attached hydrogens (tertiary/aromatic N) is 6. The Morgan fingerprint density at radius 2 is 0.805 bits per heavy atom. The summed E-state index contributed by atoms with van der Waals surface area (Å²) in [5.74, 6) is 2.37. The molecule has 3 aliphatic heterocycles. The van der Waals surface area contributed by atoms with Crippen LogP contribution in [0.25, 0.3) is 49.8 Å². The highest BCUT2D eigenvalue weighted by molar-refractivity contribution is 5.97. The summed E-state index contributed by atoms with van der Waals surface area (Å²) in [5, 5.41) is 13.1. The largest absolute Gasteiger partial charge is 0.494 e. The highest BCUT2D eigenvalue weighted by Crippen LogP contribution is 2.30. The van der Waals surface area contributed by atoms with E-state index in [1.54, 1.807) is 7.11 Å². The SMILES string of the molecule is CCOC(=O)c1cc2ccccc2n1-c1ccc(OCCCN2CCCC2)cc1.COCc1cc2ccccc2n1-c1ccc(OCCCN2CCCC2)cc1.OCc1cc2ccccc2n1-c1ccc(OCCCN2CCCC2)cc1. The zero-order valence-electron chi connectivity index (χ0n) is 48.1. The first-order chi connectivity index (χ1) is 40.5. The average molecular weight is 1110 g/mol. The lowest BCUT2D eigenvalue weighted by atomic mass is 10.2. The Bertz CT molecular complexity index is 3380. The zero-order valence-corrected chi connectivity index (χ0v) is 48.1. The summed E-state index contributed by atoms with van der Waals surface area (Å²) in [6.45, 7) is 15.9. The van der Waals surface area contributed by atoms with Crippen molar-refractivity contribution in [3.8, 4) is 34.3 Å². The topological polar surface area (TPSA) is 108 Å². The lowest BCUT2D eigenvalue weighted by Gasteiger charge is -2.15. The predicted molar refractivity (Wildman–Crippen MR) is 330 cm³/mol. The van der Waals surface area contributed by atoms with Gasteiger partial charge in [-0.2, -0.15) is 0 Å². The monoisotopic (exact) mass is 1110 g/mol. The molecule has 0 atom stereocenters. The Morgan fingerprint density at radius 3 is 1.20 bits per heavy atom. The number of hydrogen-bond acceptors (Lipinski definition) is 10. The van der Waals surface area contributed by atoms with Gasteiger partial charge in [-0.05, 0) is 213 Å². The van der Waals surface area contributed by atoms with E-state index in [1.807, 2.05) is 96.4 Å². The van der Waals surface area contributed by atoms with E-state index < -0.39 is 0 Å². The molecule has 1 N–H and O–H groups in total. The molecule has 0 aliphatic carbocycles. The number of para-hydroxylation sites is 3. The first kappa shape index (κ1) is 57.8. The minimum atomic E-state index is -0.314. The number of aliphatic hydroxyl groups is 1. The number of hydrogen-bond donors (Lipinski definition) is 1. The molecule has 6 aromatic carbocycles. The van der Waals surface area contributed by atoms with Gasteiger partial charge in [-0.3, -0.25) is 0 Å². The van der Waals surface area contributed by atoms with E-state index >= 15 is 0 Å². The van der Waals surface area contributed by atoms with Gasteiger partial charge in [-0.15, -0.1) is 0 Å². The number of likely N-dealkylation sites (tertiary alicyclic amines) is 3. The van der Waals surface area contributed by atoms with Crippen LogP contribution in [0, 0.1) is 0 Å². The number of carbonyl (C=O) groups excluding carboxylic acids is 1. The van der Waals surface area contributed by atoms with E-state index in [4.69, 9.17) is 23.7 Å². The minimum absolute atomic E-state index is 0.0173. The van der Waals surface area contributed by atoms with Gasteiger partial charge in [0.2, 0.25) is 0 Å². The van der Waals surface area contributed by atoms with Crippen LogP contribution in [0.5, 0.6) is 17.2 Å². The number of aromatic nitrogens is 3. The molecule has 3 saturated heterocycles. The van der Waals surface area contributed by atoms with Crippen molar-refractivity contribution in [1.29, 1.82) is 0 Å². The second kappa shape index (κ2) is 29.5. The first-order valence-electron chi connectivity index (χ1n) is 29.9. The van der Waals surface area contributed by atoms with E-state index in [1.165, 1.54) is 88.7 Å². The Kier molecular flexibility index (Phi) is 20.8. The highest BCUT2D eigenvalue weighted by Gasteiger charge is 2.19. The van der Waals surface area contributed by atoms with E-state index in [0.29, 0.717) is 18.9 Å². The zero-order chi connectivity index (χ0) is 56.3. The summed E-state index contributed by atoms with van der Waals surface area (Å²) in [7, 11) is 1.74. The summed E-state index contributed by atoms with van der Waals surface area (Å²) in [6, 6.07) is 55.2. The Hall–Kier alpha value is -7.39. The van der Waals surface area contributed by atoms with Crippen LogP contribution in [0.4, 0.5) is 0 Å². The normalized spacial score (nSPS) is 14.7. The first-order valence-corrected chi connectivity index (χ1v) is 29.9. The summed E-state index contributed by atoms with van der Waals surface area (Å²) < 4.78 is 34.7. The fourth-order valence-corrected chi connectivity index (χ4v) is 11.7. The van der Waals surface area contributed by atoms with Crippen LogP contribution < -0.4 is 14.2 Å². The molecule has 9 aromatic rings. The number of fused-ring (bicyclic) bond motifs is 3. The molecule has 13 heteroatoms. The third-order valence-corrected chi connectivity index (χ3v) is 15.8. The van der Waals surface area contributed by atoms with Crippen molar-refractivity contribution in [2.45, 2.75) is 77.9 Å². The lowest BCUT2D eigenvalue weighted by Crippen LogP contribution is -2.21. The van der Waals surface area contributed by atoms with Crippen molar-refractivity contribution in [2.24, 2.45) is 0 Å². The Balaban J connectivity index is 0.000000138. The summed E-state index contributed by atoms with van der Waals surface area (Å²) in [5.41, 5.74) is 8.95. The van der Waals surface area contributed by atoms with Gasteiger partial charge >= 0.3 is 5.97 Å². The molecule has 82 heavy (non-hydrogen) atoms. The maximum atomic E-state index is 12.5. The van der Waals surface area contributed by atoms with Gasteiger partial charge in [0.1, 0.15) is 22.9 Å². The number of benzene rings is 6. The van der Waals surface area contributed by atoms with Crippen molar-refractivity contribution in [2.75, 3.05) is 92.4 Å². The number of aliphatic hydroxyl groups excluding tert-OH is 1. The average Bonchev–Trinajstić information content (AvgIpc) is 4.58. The Morgan fingerprint density at radius 1 is 0.451 bits per heavy atom. The molecule has 430 valence electrons. The van der Waals surface area contributed by atoms with Crippen molar-refractivity contribution < 1.29 is 33.6 Å². The van der Waals surface area contributed by atoms with Gasteiger partial charge < -0.3 is 57.2 Å². The number of rotatable bonds is 23. The van der Waals surface area contributed by atoms with Crippen LogP contribution in [0.2, 0.25) is 0 Å². The van der Waals surface area contributed by atoms with Gasteiger partial charge in [0.05, 0.1) is 56.2 Å². The molecule has 0 bridgehead atoms. The van der Waals surface area contributed by atoms with Crippen LogP contribution in [0.15, 0.2) is 164 Å². The van der Waals surface area contributed by atoms with Crippen LogP contribution in [0.1, 0.15) is 86.6 Å². The third-order valence-electron chi connectivity index (χ3n) is 15.8. The number of methoxy groups -OCH3 is 1. The minimum Gasteiger partial charge on any atom is -0.494 e. The van der Waals surface area contributed by atoms with Gasteiger partial charge in [-0.25, -0.2) is 4.79 Å². The summed E-state index contributed by atoms with van der Waals surface area (Å²) >= 11 is 0. The molecular formula is C69H82N6O7. The second-order valence-corrected chi connectivity index (χ2v) is 21.5. The van der Waals surface area contributed by atoms with Gasteiger partial charge in [0, 0.05) is 71.4 Å². The fourth-order valence-electron chi connectivity index (χ4n) is 11.7. The van der Waals surface area contributed by atoms with Crippen LogP contribution >= 0.6 is 0 Å². The fraction of sp³-hybridized carbons (Fsp3) is 0.377. The quantitative estimate of drug-likeness (QED) is 0.0491. The number of carbonyl (C=O) groups is 1. The molecule has 12 rings (SSSR count). The van der Waals surface area contributed by atoms with E-state index in [0.717, 1.165) is 126 Å². The standard InChI is InChI=1S/C24H28N2O3.C23H28N2O2.C22H26N2O2/c1-2-28-24(27)23-18-19-8-3-4-9-22(19)26(23)20-10-12-21(13-11-20)29-17-7-16-25-14-5-6-15-25;1-26-18-21-17-19-7-2-3-8-23(19)25(21)20-9-11-22(12-10-20)27-16-6-15-24-13-4-5-14-24;25-17-20-16-18-6-1-2-7-22(18)24(20)19-8-10-21(11-9-19)26-15-5-14-23-12-3-4-13-23/h3-4,8-13,18H,2,5-7,14-17H2,1H3;2-3,7-12,17H,4-6,13-16,18H2,1H3;1-2,6-11,16,25H,3-5,12-15,17H2. The third kappa shape index (κ3) is 15.0. The summed E-state index contributed by atoms with van der Waals surface area (Å²) in [6.07, 6.45) is 11.2. The molecule has 0 unspecified atom stereocenters. The maximum Gasteiger partial charge on any atom is 0.355 e. The molecule has 6 heterocycles. The molecule has 13 nitrogen and oxygen atoms in total. The van der Waals surface area contributed by atoms with Gasteiger partial charge in [0.25, 0.3) is 0 Å². The van der Waals surface area contributed by atoms with Gasteiger partial charge in [-0.1, -0.05) is 54.6 Å². The molecule has 3 aromatic heterocycles. The highest BCUT2D eigenvalue weighted by atomic mass is 16.5. The van der Waals surface area contributed by atoms with Crippen LogP contribution in [0.3, 0.4) is 0 Å². The molecular weight excluding hydrogens is 1020 g/mol. The molecule has 0 spiro atoms. The molecule has 3 aliphatic rings. The molecule has 0 saturated carbocycles. The van der Waals surface area contributed by atoms with Crippen LogP contribution in [-0.2, 0) is 22.7 Å². The predicted octanol–water partition coefficient (Wildman–Crippen LogP) is 13.3. The van der Waals surface area contributed by atoms with Crippen molar-refractivity contribution in [3.63, 3.8) is 0 Å². The molecule has 0 radical (unpaired) electrons. The van der Waals surface area contributed by atoms with Gasteiger partial charge in [0.15, 0.2) is 0 Å². The van der Waals surface area contributed by atoms with Crippen molar-refractivity contribution in [3.05, 3.63) is 181 Å². The van der Waals surface area contributed by atoms with Crippen molar-refractivity contribution in [1.82, 2.24) is 28.4 Å². The molecule has 0 amide bonds. The van der Waals surface area contributed by atoms with E-state index in [2.05, 4.69) is 103 Å². The second-order valence-electron chi connectivity index (χ2n) is 21.5. The van der Waals surface area contributed by atoms with Crippen molar-refractivity contribution >= 4 is 38.7 Å². The number of esters is 1. The summed E-state index contributed by atoms with van der Waals surface area (Å²) in [4.78, 5) is 20.0. The molecule has 3 fully saturated rings. The smallest absolute Gasteiger partial charge is 0.355 e. The lowest BCUT2D eigenvalue weighted by molar-refractivity contribution is 0.0517. The maximum absolute atomic E-state index is 12.5. The van der Waals surface area contributed by atoms with E-state index in [-0.39, 0.29) is 12.6 Å². The van der Waals surface area contributed by atoms with Crippen LogP contribution in [-0.4, -0.2) is 132 Å².